The van der Waals surface area contributed by atoms with Crippen LogP contribution in [0.25, 0.3) is 40.6 Å². The minimum absolute atomic E-state index is 0.791. The van der Waals surface area contributed by atoms with Gasteiger partial charge in [0.1, 0.15) is 0 Å². The van der Waals surface area contributed by atoms with Crippen LogP contribution in [0, 0.1) is 0 Å². The maximum atomic E-state index is 4.52. The van der Waals surface area contributed by atoms with E-state index in [2.05, 4.69) is 34.0 Å². The van der Waals surface area contributed by atoms with Crippen molar-refractivity contribution in [3.8, 4) is 28.5 Å². The molecule has 0 saturated carbocycles. The van der Waals surface area contributed by atoms with Crippen molar-refractivity contribution in [3.05, 3.63) is 103 Å². The number of benzene rings is 3. The number of hydrogen-bond donors (Lipinski definition) is 0. The number of rotatable bonds is 5. The van der Waals surface area contributed by atoms with Crippen molar-refractivity contribution in [2.45, 2.75) is 0 Å². The molecular weight excluding hydrogens is 330 g/mol. The van der Waals surface area contributed by atoms with Crippen LogP contribution < -0.4 is 0 Å². The summed E-state index contributed by atoms with van der Waals surface area (Å²) >= 11 is 0. The number of hydrogen-bond acceptors (Lipinski definition) is 2. The minimum atomic E-state index is 0.791. The van der Waals surface area contributed by atoms with Gasteiger partial charge in [-0.1, -0.05) is 98.1 Å². The fourth-order valence-corrected chi connectivity index (χ4v) is 3.23. The summed E-state index contributed by atoms with van der Waals surface area (Å²) in [5.74, 6) is 1.58. The Labute approximate surface area is 159 Å². The highest BCUT2D eigenvalue weighted by atomic mass is 15.3. The highest BCUT2D eigenvalue weighted by Crippen LogP contribution is 2.31. The van der Waals surface area contributed by atoms with Gasteiger partial charge in [0.15, 0.2) is 11.6 Å². The standard InChI is InChI=1S/C24H19N3/c1-3-18-16-11-17-22(21(18)4-2)27-23(19-12-7-5-8-13-19)25-26-24(27)20-14-9-6-10-15-20/h3-17H,1-2H2. The molecule has 1 heterocycles. The normalized spacial score (nSPS) is 10.5. The highest BCUT2D eigenvalue weighted by molar-refractivity contribution is 5.75. The summed E-state index contributed by atoms with van der Waals surface area (Å²) in [7, 11) is 0. The predicted molar refractivity (Wildman–Crippen MR) is 112 cm³/mol. The van der Waals surface area contributed by atoms with Crippen LogP contribution in [0.2, 0.25) is 0 Å². The third-order valence-electron chi connectivity index (χ3n) is 4.51. The SMILES string of the molecule is C=Cc1cccc(-n2c(-c3ccccc3)nnc2-c2ccccc2)c1C=C. The molecule has 27 heavy (non-hydrogen) atoms. The van der Waals surface area contributed by atoms with Crippen LogP contribution in [-0.2, 0) is 0 Å². The molecular formula is C24H19N3. The average Bonchev–Trinajstić information content (AvgIpc) is 3.19. The third kappa shape index (κ3) is 3.00. The first-order chi connectivity index (χ1) is 13.3. The van der Waals surface area contributed by atoms with Gasteiger partial charge in [-0.15, -0.1) is 10.2 Å². The highest BCUT2D eigenvalue weighted by Gasteiger charge is 2.19. The summed E-state index contributed by atoms with van der Waals surface area (Å²) in [6, 6.07) is 26.3. The van der Waals surface area contributed by atoms with Crippen LogP contribution in [0.4, 0.5) is 0 Å². The second-order valence-electron chi connectivity index (χ2n) is 6.10. The fraction of sp³-hybridized carbons (Fsp3) is 0. The van der Waals surface area contributed by atoms with Gasteiger partial charge in [0.05, 0.1) is 5.69 Å². The van der Waals surface area contributed by atoms with Crippen molar-refractivity contribution < 1.29 is 0 Å². The Morgan fingerprint density at radius 2 is 1.19 bits per heavy atom. The molecule has 0 bridgehead atoms. The molecule has 0 saturated heterocycles. The van der Waals surface area contributed by atoms with E-state index < -0.39 is 0 Å². The quantitative estimate of drug-likeness (QED) is 0.450. The lowest BCUT2D eigenvalue weighted by atomic mass is 10.0. The second-order valence-corrected chi connectivity index (χ2v) is 6.10. The van der Waals surface area contributed by atoms with Gasteiger partial charge in [-0.05, 0) is 11.6 Å². The molecule has 130 valence electrons. The zero-order chi connectivity index (χ0) is 18.6. The maximum absolute atomic E-state index is 4.52. The molecule has 0 aliphatic carbocycles. The topological polar surface area (TPSA) is 30.7 Å². The van der Waals surface area contributed by atoms with E-state index in [4.69, 9.17) is 0 Å². The van der Waals surface area contributed by atoms with Gasteiger partial charge in [0.2, 0.25) is 0 Å². The van der Waals surface area contributed by atoms with Crippen LogP contribution >= 0.6 is 0 Å². The Morgan fingerprint density at radius 3 is 1.67 bits per heavy atom. The minimum Gasteiger partial charge on any atom is -0.274 e. The molecule has 3 aromatic carbocycles. The largest absolute Gasteiger partial charge is 0.274 e. The van der Waals surface area contributed by atoms with E-state index in [1.54, 1.807) is 0 Å². The van der Waals surface area contributed by atoms with E-state index in [0.717, 1.165) is 39.6 Å². The molecule has 0 aliphatic heterocycles. The van der Waals surface area contributed by atoms with Crippen molar-refractivity contribution in [2.24, 2.45) is 0 Å². The molecule has 0 spiro atoms. The van der Waals surface area contributed by atoms with E-state index >= 15 is 0 Å². The molecule has 0 unspecified atom stereocenters. The summed E-state index contributed by atoms with van der Waals surface area (Å²) in [5, 5.41) is 9.05. The Balaban J connectivity index is 2.05. The smallest absolute Gasteiger partial charge is 0.168 e. The Hall–Kier alpha value is -3.72. The van der Waals surface area contributed by atoms with Gasteiger partial charge >= 0.3 is 0 Å². The van der Waals surface area contributed by atoms with Gasteiger partial charge in [0, 0.05) is 16.7 Å². The van der Waals surface area contributed by atoms with Crippen molar-refractivity contribution in [1.29, 1.82) is 0 Å². The van der Waals surface area contributed by atoms with E-state index in [1.165, 1.54) is 0 Å². The molecule has 3 heteroatoms. The second kappa shape index (κ2) is 7.26. The van der Waals surface area contributed by atoms with E-state index in [-0.39, 0.29) is 0 Å². The first kappa shape index (κ1) is 16.7. The molecule has 0 amide bonds. The van der Waals surface area contributed by atoms with Gasteiger partial charge in [0.25, 0.3) is 0 Å². The molecule has 4 aromatic rings. The Kier molecular flexibility index (Phi) is 4.50. The van der Waals surface area contributed by atoms with E-state index in [1.807, 2.05) is 84.9 Å². The lowest BCUT2D eigenvalue weighted by Crippen LogP contribution is -2.03. The molecule has 0 radical (unpaired) electrons. The predicted octanol–water partition coefficient (Wildman–Crippen LogP) is 5.89. The molecule has 3 nitrogen and oxygen atoms in total. The molecule has 4 rings (SSSR count). The van der Waals surface area contributed by atoms with Crippen molar-refractivity contribution >= 4 is 12.2 Å². The summed E-state index contributed by atoms with van der Waals surface area (Å²) in [4.78, 5) is 0. The number of aromatic nitrogens is 3. The van der Waals surface area contributed by atoms with Crippen LogP contribution in [0.5, 0.6) is 0 Å². The summed E-state index contributed by atoms with van der Waals surface area (Å²) in [6.07, 6.45) is 3.70. The molecule has 0 atom stereocenters. The summed E-state index contributed by atoms with van der Waals surface area (Å²) < 4.78 is 2.09. The molecule has 0 N–H and O–H groups in total. The van der Waals surface area contributed by atoms with Crippen molar-refractivity contribution in [3.63, 3.8) is 0 Å². The molecule has 0 aliphatic rings. The number of nitrogens with zero attached hydrogens (tertiary/aromatic N) is 3. The Morgan fingerprint density at radius 1 is 0.630 bits per heavy atom. The third-order valence-corrected chi connectivity index (χ3v) is 4.51. The monoisotopic (exact) mass is 349 g/mol. The molecule has 0 fully saturated rings. The van der Waals surface area contributed by atoms with Crippen LogP contribution in [0.3, 0.4) is 0 Å². The van der Waals surface area contributed by atoms with Gasteiger partial charge in [-0.3, -0.25) is 4.57 Å². The fourth-order valence-electron chi connectivity index (χ4n) is 3.23. The van der Waals surface area contributed by atoms with Crippen molar-refractivity contribution in [1.82, 2.24) is 14.8 Å². The maximum Gasteiger partial charge on any atom is 0.168 e. The zero-order valence-electron chi connectivity index (χ0n) is 14.9. The van der Waals surface area contributed by atoms with Crippen molar-refractivity contribution in [2.75, 3.05) is 0 Å². The van der Waals surface area contributed by atoms with E-state index in [9.17, 15) is 0 Å². The summed E-state index contributed by atoms with van der Waals surface area (Å²) in [6.45, 7) is 7.95. The van der Waals surface area contributed by atoms with Crippen LogP contribution in [0.1, 0.15) is 11.1 Å². The average molecular weight is 349 g/mol. The van der Waals surface area contributed by atoms with E-state index in [0.29, 0.717) is 0 Å². The Bertz CT molecular complexity index is 1040. The van der Waals surface area contributed by atoms with Crippen LogP contribution in [-0.4, -0.2) is 14.8 Å². The lowest BCUT2D eigenvalue weighted by Gasteiger charge is -2.15. The first-order valence-electron chi connectivity index (χ1n) is 8.78. The molecule has 1 aromatic heterocycles. The van der Waals surface area contributed by atoms with Gasteiger partial charge in [-0.25, -0.2) is 0 Å². The van der Waals surface area contributed by atoms with Gasteiger partial charge in [-0.2, -0.15) is 0 Å². The van der Waals surface area contributed by atoms with Gasteiger partial charge < -0.3 is 0 Å². The zero-order valence-corrected chi connectivity index (χ0v) is 14.9. The first-order valence-corrected chi connectivity index (χ1v) is 8.78. The lowest BCUT2D eigenvalue weighted by molar-refractivity contribution is 1.07. The summed E-state index contributed by atoms with van der Waals surface area (Å²) in [5.41, 5.74) is 5.01. The van der Waals surface area contributed by atoms with Crippen LogP contribution in [0.15, 0.2) is 92.0 Å².